The van der Waals surface area contributed by atoms with E-state index < -0.39 is 59.8 Å². The normalized spacial score (nSPS) is 18.3. The Labute approximate surface area is 251 Å². The van der Waals surface area contributed by atoms with Crippen LogP contribution in [0.5, 0.6) is 0 Å². The summed E-state index contributed by atoms with van der Waals surface area (Å²) in [6, 6.07) is 4.43. The van der Waals surface area contributed by atoms with Crippen molar-refractivity contribution in [1.29, 1.82) is 0 Å². The highest BCUT2D eigenvalue weighted by atomic mass is 16.3. The quantitative estimate of drug-likeness (QED) is 0.180. The topological polar surface area (TPSA) is 200 Å². The molecule has 6 atom stereocenters. The lowest BCUT2D eigenvalue weighted by Crippen LogP contribution is -2.60. The van der Waals surface area contributed by atoms with Gasteiger partial charge in [0, 0.05) is 24.9 Å². The number of hydrogen-bond donors (Lipinski definition) is 6. The molecule has 1 aromatic carbocycles. The van der Waals surface area contributed by atoms with Crippen LogP contribution in [0.4, 0.5) is 0 Å². The van der Waals surface area contributed by atoms with Crippen LogP contribution in [0.15, 0.2) is 42.9 Å². The van der Waals surface area contributed by atoms with Crippen molar-refractivity contribution < 1.29 is 29.1 Å². The van der Waals surface area contributed by atoms with Crippen molar-refractivity contribution in [2.45, 2.75) is 83.6 Å². The van der Waals surface area contributed by atoms with Gasteiger partial charge in [0.05, 0.1) is 6.33 Å². The molecular weight excluding hydrogens is 554 g/mol. The second-order valence-electron chi connectivity index (χ2n) is 11.3. The Hall–Kier alpha value is -4.26. The number of nitrogens with zero attached hydrogens (tertiary/aromatic N) is 2. The van der Waals surface area contributed by atoms with Crippen LogP contribution in [0.25, 0.3) is 0 Å². The minimum atomic E-state index is -1.51. The molecule has 13 heteroatoms. The zero-order chi connectivity index (χ0) is 31.7. The van der Waals surface area contributed by atoms with Crippen LogP contribution in [-0.2, 0) is 30.4 Å². The van der Waals surface area contributed by atoms with E-state index in [0.29, 0.717) is 37.1 Å². The van der Waals surface area contributed by atoms with Crippen LogP contribution >= 0.6 is 0 Å². The zero-order valence-electron chi connectivity index (χ0n) is 25.1. The summed E-state index contributed by atoms with van der Waals surface area (Å²) in [5.74, 6) is -3.65. The number of aromatic amines is 1. The van der Waals surface area contributed by atoms with E-state index in [1.54, 1.807) is 51.1 Å². The van der Waals surface area contributed by atoms with Gasteiger partial charge in [-0.3, -0.25) is 24.0 Å². The van der Waals surface area contributed by atoms with Crippen LogP contribution in [0.3, 0.4) is 0 Å². The van der Waals surface area contributed by atoms with Crippen LogP contribution in [-0.4, -0.2) is 80.2 Å². The predicted molar refractivity (Wildman–Crippen MR) is 158 cm³/mol. The monoisotopic (exact) mass is 597 g/mol. The lowest BCUT2D eigenvalue weighted by atomic mass is 9.95. The molecule has 0 aliphatic carbocycles. The first kappa shape index (κ1) is 33.2. The number of primary amides is 1. The highest BCUT2D eigenvalue weighted by Gasteiger charge is 2.39. The smallest absolute Gasteiger partial charge is 0.254 e. The Morgan fingerprint density at radius 1 is 1.02 bits per heavy atom. The third-order valence-corrected chi connectivity index (χ3v) is 7.86. The number of aliphatic hydroxyl groups excluding tert-OH is 1. The number of nitrogens with two attached hydrogens (primary N) is 1. The van der Waals surface area contributed by atoms with Gasteiger partial charge in [-0.2, -0.15) is 0 Å². The van der Waals surface area contributed by atoms with Gasteiger partial charge in [-0.25, -0.2) is 4.98 Å². The molecule has 2 heterocycles. The number of amides is 5. The van der Waals surface area contributed by atoms with E-state index in [4.69, 9.17) is 5.73 Å². The molecule has 0 bridgehead atoms. The van der Waals surface area contributed by atoms with E-state index >= 15 is 0 Å². The molecule has 2 aromatic rings. The second-order valence-corrected chi connectivity index (χ2v) is 11.3. The maximum Gasteiger partial charge on any atom is 0.254 e. The van der Waals surface area contributed by atoms with Crippen LogP contribution < -0.4 is 21.7 Å². The van der Waals surface area contributed by atoms with Gasteiger partial charge in [0.2, 0.25) is 23.6 Å². The van der Waals surface area contributed by atoms with Crippen molar-refractivity contribution in [3.8, 4) is 0 Å². The first-order valence-electron chi connectivity index (χ1n) is 14.7. The number of imidazole rings is 1. The molecule has 7 N–H and O–H groups in total. The predicted octanol–water partition coefficient (Wildman–Crippen LogP) is 0.319. The number of aromatic nitrogens is 2. The average molecular weight is 598 g/mol. The van der Waals surface area contributed by atoms with E-state index in [-0.39, 0.29) is 18.3 Å². The summed E-state index contributed by atoms with van der Waals surface area (Å²) in [5.41, 5.74) is 6.42. The SMILES string of the molecule is CC[C@H](C)[C@H](NC(=O)[C@H](Cc1cnc[nH]1)NC(=O)[C@@H](O)c1ccccc1)C(=O)N[C@H](C(=O)N1CCC[C@H]1C(N)=O)C(C)C. The standard InChI is InChI=1S/C30H43N7O6/c1-5-18(4)24(28(41)35-23(17(2)3)30(43)37-13-9-12-22(37)26(31)39)36-27(40)21(14-20-15-32-16-33-20)34-29(42)25(38)19-10-7-6-8-11-19/h6-8,10-11,15-18,21-25,38H,5,9,12-14H2,1-4H3,(H2,31,39)(H,32,33)(H,34,42)(H,35,41)(H,36,40)/t18-,21-,22-,23-,24-,25-/m0/s1. The van der Waals surface area contributed by atoms with Crippen LogP contribution in [0, 0.1) is 11.8 Å². The van der Waals surface area contributed by atoms with Crippen molar-refractivity contribution >= 4 is 29.5 Å². The minimum absolute atomic E-state index is 0.0184. The minimum Gasteiger partial charge on any atom is -0.378 e. The van der Waals surface area contributed by atoms with E-state index in [2.05, 4.69) is 25.9 Å². The van der Waals surface area contributed by atoms with E-state index in [0.717, 1.165) is 0 Å². The Bertz CT molecular complexity index is 1250. The third kappa shape index (κ3) is 8.63. The molecule has 3 rings (SSSR count). The molecule has 1 fully saturated rings. The summed E-state index contributed by atoms with van der Waals surface area (Å²) < 4.78 is 0. The number of benzene rings is 1. The van der Waals surface area contributed by atoms with Crippen molar-refractivity contribution in [3.63, 3.8) is 0 Å². The molecule has 0 spiro atoms. The fourth-order valence-electron chi connectivity index (χ4n) is 5.08. The van der Waals surface area contributed by atoms with Gasteiger partial charge >= 0.3 is 0 Å². The Kier molecular flexibility index (Phi) is 11.8. The summed E-state index contributed by atoms with van der Waals surface area (Å²) in [7, 11) is 0. The lowest BCUT2D eigenvalue weighted by Gasteiger charge is -2.32. The lowest BCUT2D eigenvalue weighted by molar-refractivity contribution is -0.142. The number of rotatable bonds is 14. The number of likely N-dealkylation sites (tertiary alicyclic amines) is 1. The molecule has 1 aromatic heterocycles. The number of hydrogen-bond acceptors (Lipinski definition) is 7. The highest BCUT2D eigenvalue weighted by Crippen LogP contribution is 2.21. The van der Waals surface area contributed by atoms with Gasteiger partial charge in [0.25, 0.3) is 5.91 Å². The first-order chi connectivity index (χ1) is 20.4. The molecule has 0 unspecified atom stereocenters. The Balaban J connectivity index is 1.79. The summed E-state index contributed by atoms with van der Waals surface area (Å²) in [6.07, 6.45) is 3.07. The maximum absolute atomic E-state index is 13.7. The zero-order valence-corrected chi connectivity index (χ0v) is 25.1. The van der Waals surface area contributed by atoms with Gasteiger partial charge in [-0.05, 0) is 30.2 Å². The van der Waals surface area contributed by atoms with Gasteiger partial charge in [-0.15, -0.1) is 0 Å². The Morgan fingerprint density at radius 2 is 1.70 bits per heavy atom. The molecule has 0 saturated carbocycles. The summed E-state index contributed by atoms with van der Waals surface area (Å²) in [5, 5.41) is 18.8. The van der Waals surface area contributed by atoms with E-state index in [1.807, 2.05) is 6.92 Å². The summed E-state index contributed by atoms with van der Waals surface area (Å²) in [4.78, 5) is 73.9. The largest absolute Gasteiger partial charge is 0.378 e. The third-order valence-electron chi connectivity index (χ3n) is 7.86. The Morgan fingerprint density at radius 3 is 2.28 bits per heavy atom. The number of nitrogens with one attached hydrogen (secondary N) is 4. The molecule has 5 amide bonds. The van der Waals surface area contributed by atoms with Crippen molar-refractivity contribution in [2.75, 3.05) is 6.54 Å². The van der Waals surface area contributed by atoms with Gasteiger partial charge in [0.15, 0.2) is 6.10 Å². The van der Waals surface area contributed by atoms with Crippen molar-refractivity contribution in [1.82, 2.24) is 30.8 Å². The number of H-pyrrole nitrogens is 1. The fourth-order valence-corrected chi connectivity index (χ4v) is 5.08. The van der Waals surface area contributed by atoms with Crippen molar-refractivity contribution in [2.24, 2.45) is 17.6 Å². The van der Waals surface area contributed by atoms with Gasteiger partial charge < -0.3 is 36.7 Å². The fraction of sp³-hybridized carbons (Fsp3) is 0.533. The van der Waals surface area contributed by atoms with Crippen LogP contribution in [0.1, 0.15) is 64.3 Å². The van der Waals surface area contributed by atoms with Crippen molar-refractivity contribution in [3.05, 3.63) is 54.1 Å². The van der Waals surface area contributed by atoms with Crippen LogP contribution in [0.2, 0.25) is 0 Å². The number of aliphatic hydroxyl groups is 1. The number of carbonyl (C=O) groups excluding carboxylic acids is 5. The number of carbonyl (C=O) groups is 5. The van der Waals surface area contributed by atoms with Gasteiger partial charge in [-0.1, -0.05) is 64.4 Å². The molecular formula is C30H43N7O6. The van der Waals surface area contributed by atoms with Gasteiger partial charge in [0.1, 0.15) is 24.2 Å². The van der Waals surface area contributed by atoms with E-state index in [1.165, 1.54) is 17.4 Å². The molecule has 1 aliphatic heterocycles. The molecule has 1 saturated heterocycles. The second kappa shape index (κ2) is 15.3. The summed E-state index contributed by atoms with van der Waals surface area (Å²) in [6.45, 7) is 7.58. The molecule has 13 nitrogen and oxygen atoms in total. The molecule has 0 radical (unpaired) electrons. The highest BCUT2D eigenvalue weighted by molar-refractivity contribution is 5.96. The molecule has 1 aliphatic rings. The average Bonchev–Trinajstić information content (AvgIpc) is 3.70. The first-order valence-corrected chi connectivity index (χ1v) is 14.7. The summed E-state index contributed by atoms with van der Waals surface area (Å²) >= 11 is 0. The molecule has 43 heavy (non-hydrogen) atoms. The molecule has 234 valence electrons. The van der Waals surface area contributed by atoms with E-state index in [9.17, 15) is 29.1 Å². The maximum atomic E-state index is 13.7.